The molecule has 0 atom stereocenters. The fourth-order valence-electron chi connectivity index (χ4n) is 2.34. The summed E-state index contributed by atoms with van der Waals surface area (Å²) in [6.07, 6.45) is 3.52. The normalized spacial score (nSPS) is 10.7. The highest BCUT2D eigenvalue weighted by molar-refractivity contribution is 5.96. The van der Waals surface area contributed by atoms with Gasteiger partial charge in [0.25, 0.3) is 0 Å². The Hall–Kier alpha value is -2.55. The third kappa shape index (κ3) is 2.07. The predicted molar refractivity (Wildman–Crippen MR) is 82.1 cm³/mol. The molecule has 0 radical (unpaired) electrons. The number of benzene rings is 2. The van der Waals surface area contributed by atoms with Gasteiger partial charge in [0.05, 0.1) is 0 Å². The van der Waals surface area contributed by atoms with E-state index in [2.05, 4.69) is 4.98 Å². The molecule has 0 saturated carbocycles. The van der Waals surface area contributed by atoms with Crippen LogP contribution >= 0.6 is 0 Å². The maximum atomic E-state index is 6.12. The maximum absolute atomic E-state index is 6.12. The molecule has 0 aliphatic rings. The molecule has 100 valence electrons. The number of pyridine rings is 1. The molecule has 0 spiro atoms. The quantitative estimate of drug-likeness (QED) is 0.705. The first-order chi connectivity index (χ1) is 9.66. The van der Waals surface area contributed by atoms with E-state index in [1.807, 2.05) is 50.2 Å². The first-order valence-corrected chi connectivity index (χ1v) is 6.53. The van der Waals surface area contributed by atoms with E-state index in [9.17, 15) is 0 Å². The van der Waals surface area contributed by atoms with Crippen molar-refractivity contribution in [3.63, 3.8) is 0 Å². The van der Waals surface area contributed by atoms with Crippen molar-refractivity contribution in [2.75, 3.05) is 5.73 Å². The molecule has 3 nitrogen and oxygen atoms in total. The highest BCUT2D eigenvalue weighted by atomic mass is 16.5. The van der Waals surface area contributed by atoms with Crippen molar-refractivity contribution in [3.8, 4) is 11.5 Å². The molecule has 3 heteroatoms. The van der Waals surface area contributed by atoms with Gasteiger partial charge in [-0.3, -0.25) is 4.98 Å². The minimum atomic E-state index is 0.710. The lowest BCUT2D eigenvalue weighted by Gasteiger charge is -2.14. The van der Waals surface area contributed by atoms with Crippen molar-refractivity contribution in [2.24, 2.45) is 0 Å². The van der Waals surface area contributed by atoms with Crippen LogP contribution in [0.1, 0.15) is 11.1 Å². The summed E-state index contributed by atoms with van der Waals surface area (Å²) in [4.78, 5) is 4.12. The molecule has 3 rings (SSSR count). The van der Waals surface area contributed by atoms with Gasteiger partial charge in [0.15, 0.2) is 0 Å². The molecule has 20 heavy (non-hydrogen) atoms. The SMILES string of the molecule is Cc1cccc(C)c1Oc1ccc(N)c2cnccc12. The van der Waals surface area contributed by atoms with Gasteiger partial charge < -0.3 is 10.5 Å². The van der Waals surface area contributed by atoms with Gasteiger partial charge in [-0.2, -0.15) is 0 Å². The second-order valence-corrected chi connectivity index (χ2v) is 4.90. The summed E-state index contributed by atoms with van der Waals surface area (Å²) in [6.45, 7) is 4.09. The van der Waals surface area contributed by atoms with Gasteiger partial charge in [0.1, 0.15) is 11.5 Å². The molecule has 0 saturated heterocycles. The highest BCUT2D eigenvalue weighted by Crippen LogP contribution is 2.35. The highest BCUT2D eigenvalue weighted by Gasteiger charge is 2.09. The van der Waals surface area contributed by atoms with Crippen LogP contribution in [0.3, 0.4) is 0 Å². The maximum Gasteiger partial charge on any atom is 0.135 e. The van der Waals surface area contributed by atoms with E-state index in [1.165, 1.54) is 0 Å². The summed E-state index contributed by atoms with van der Waals surface area (Å²) in [5.74, 6) is 1.70. The molecule has 0 fully saturated rings. The first kappa shape index (κ1) is 12.5. The Labute approximate surface area is 118 Å². The summed E-state index contributed by atoms with van der Waals surface area (Å²) in [7, 11) is 0. The minimum Gasteiger partial charge on any atom is -0.456 e. The molecular weight excluding hydrogens is 248 g/mol. The largest absolute Gasteiger partial charge is 0.456 e. The number of para-hydroxylation sites is 1. The molecule has 2 N–H and O–H groups in total. The lowest BCUT2D eigenvalue weighted by Crippen LogP contribution is -1.94. The number of hydrogen-bond donors (Lipinski definition) is 1. The third-order valence-electron chi connectivity index (χ3n) is 3.43. The van der Waals surface area contributed by atoms with E-state index < -0.39 is 0 Å². The van der Waals surface area contributed by atoms with Crippen LogP contribution in [-0.4, -0.2) is 4.98 Å². The van der Waals surface area contributed by atoms with Crippen LogP contribution in [0.2, 0.25) is 0 Å². The standard InChI is InChI=1S/C17H16N2O/c1-11-4-3-5-12(2)17(11)20-16-7-6-15(18)14-10-19-9-8-13(14)16/h3-10H,18H2,1-2H3. The van der Waals surface area contributed by atoms with Crippen LogP contribution < -0.4 is 10.5 Å². The number of aromatic nitrogens is 1. The number of aryl methyl sites for hydroxylation is 2. The number of rotatable bonds is 2. The summed E-state index contributed by atoms with van der Waals surface area (Å²) in [6, 6.07) is 11.8. The van der Waals surface area contributed by atoms with E-state index in [-0.39, 0.29) is 0 Å². The Morgan fingerprint density at radius 1 is 0.950 bits per heavy atom. The van der Waals surface area contributed by atoms with E-state index in [1.54, 1.807) is 12.4 Å². The smallest absolute Gasteiger partial charge is 0.135 e. The number of hydrogen-bond acceptors (Lipinski definition) is 3. The second-order valence-electron chi connectivity index (χ2n) is 4.90. The molecule has 1 heterocycles. The Kier molecular flexibility index (Phi) is 3.03. The van der Waals surface area contributed by atoms with Gasteiger partial charge in [0, 0.05) is 28.9 Å². The van der Waals surface area contributed by atoms with Crippen LogP contribution in [0.15, 0.2) is 48.8 Å². The van der Waals surface area contributed by atoms with E-state index >= 15 is 0 Å². The van der Waals surface area contributed by atoms with E-state index in [0.717, 1.165) is 33.4 Å². The molecule has 0 unspecified atom stereocenters. The summed E-state index contributed by atoms with van der Waals surface area (Å²) < 4.78 is 6.12. The molecule has 2 aromatic carbocycles. The summed E-state index contributed by atoms with van der Waals surface area (Å²) >= 11 is 0. The van der Waals surface area contributed by atoms with Gasteiger partial charge in [0.2, 0.25) is 0 Å². The molecule has 1 aromatic heterocycles. The van der Waals surface area contributed by atoms with Crippen LogP contribution in [0.5, 0.6) is 11.5 Å². The Morgan fingerprint density at radius 2 is 1.70 bits per heavy atom. The number of nitrogens with two attached hydrogens (primary N) is 1. The third-order valence-corrected chi connectivity index (χ3v) is 3.43. The van der Waals surface area contributed by atoms with Crippen molar-refractivity contribution in [2.45, 2.75) is 13.8 Å². The van der Waals surface area contributed by atoms with Crippen molar-refractivity contribution in [1.29, 1.82) is 0 Å². The van der Waals surface area contributed by atoms with Crippen molar-refractivity contribution in [1.82, 2.24) is 4.98 Å². The Morgan fingerprint density at radius 3 is 2.45 bits per heavy atom. The lowest BCUT2D eigenvalue weighted by atomic mass is 10.1. The number of nitrogen functional groups attached to an aromatic ring is 1. The topological polar surface area (TPSA) is 48.1 Å². The lowest BCUT2D eigenvalue weighted by molar-refractivity contribution is 0.480. The number of ether oxygens (including phenoxy) is 1. The van der Waals surface area contributed by atoms with Crippen molar-refractivity contribution in [3.05, 3.63) is 59.9 Å². The van der Waals surface area contributed by atoms with Gasteiger partial charge in [-0.05, 0) is 43.2 Å². The number of nitrogens with zero attached hydrogens (tertiary/aromatic N) is 1. The van der Waals surface area contributed by atoms with Gasteiger partial charge in [-0.25, -0.2) is 0 Å². The van der Waals surface area contributed by atoms with Crippen molar-refractivity contribution < 1.29 is 4.74 Å². The summed E-state index contributed by atoms with van der Waals surface area (Å²) in [5, 5.41) is 1.89. The fourth-order valence-corrected chi connectivity index (χ4v) is 2.34. The zero-order valence-electron chi connectivity index (χ0n) is 11.6. The van der Waals surface area contributed by atoms with Gasteiger partial charge in [-0.1, -0.05) is 18.2 Å². The first-order valence-electron chi connectivity index (χ1n) is 6.53. The van der Waals surface area contributed by atoms with Crippen LogP contribution in [-0.2, 0) is 0 Å². The zero-order chi connectivity index (χ0) is 14.1. The Balaban J connectivity index is 2.14. The molecular formula is C17H16N2O. The van der Waals surface area contributed by atoms with Crippen molar-refractivity contribution >= 4 is 16.5 Å². The monoisotopic (exact) mass is 264 g/mol. The molecule has 0 amide bonds. The molecule has 0 bridgehead atoms. The van der Waals surface area contributed by atoms with Crippen LogP contribution in [0.25, 0.3) is 10.8 Å². The number of fused-ring (bicyclic) bond motifs is 1. The molecule has 0 aliphatic carbocycles. The zero-order valence-corrected chi connectivity index (χ0v) is 11.6. The predicted octanol–water partition coefficient (Wildman–Crippen LogP) is 4.23. The molecule has 3 aromatic rings. The average molecular weight is 264 g/mol. The minimum absolute atomic E-state index is 0.710. The van der Waals surface area contributed by atoms with Crippen LogP contribution in [0.4, 0.5) is 5.69 Å². The van der Waals surface area contributed by atoms with Gasteiger partial charge >= 0.3 is 0 Å². The number of anilines is 1. The van der Waals surface area contributed by atoms with E-state index in [4.69, 9.17) is 10.5 Å². The second kappa shape index (κ2) is 4.85. The molecule has 0 aliphatic heterocycles. The van der Waals surface area contributed by atoms with E-state index in [0.29, 0.717) is 5.69 Å². The Bertz CT molecular complexity index is 761. The summed E-state index contributed by atoms with van der Waals surface area (Å²) in [5.41, 5.74) is 8.92. The average Bonchev–Trinajstić information content (AvgIpc) is 2.46. The van der Waals surface area contributed by atoms with Crippen LogP contribution in [0, 0.1) is 13.8 Å². The fraction of sp³-hybridized carbons (Fsp3) is 0.118. The van der Waals surface area contributed by atoms with Gasteiger partial charge in [-0.15, -0.1) is 0 Å².